The van der Waals surface area contributed by atoms with E-state index in [1.54, 1.807) is 6.92 Å². The quantitative estimate of drug-likeness (QED) is 0.385. The van der Waals surface area contributed by atoms with Crippen LogP contribution < -0.4 is 5.43 Å². The molecule has 0 amide bonds. The topological polar surface area (TPSA) is 93.8 Å². The van der Waals surface area contributed by atoms with E-state index in [9.17, 15) is 14.9 Å². The van der Waals surface area contributed by atoms with Crippen LogP contribution in [0.5, 0.6) is 0 Å². The number of hydrazone groups is 1. The number of hydrogen-bond acceptors (Lipinski definition) is 6. The van der Waals surface area contributed by atoms with Gasteiger partial charge in [0.1, 0.15) is 0 Å². The molecule has 8 heteroatoms. The Bertz CT molecular complexity index is 531. The lowest BCUT2D eigenvalue weighted by Gasteiger charge is -2.07. The summed E-state index contributed by atoms with van der Waals surface area (Å²) in [6.07, 6.45) is 0. The first-order valence-corrected chi connectivity index (χ1v) is 5.72. The third-order valence-electron chi connectivity index (χ3n) is 2.14. The van der Waals surface area contributed by atoms with Gasteiger partial charge in [0.05, 0.1) is 17.1 Å². The summed E-state index contributed by atoms with van der Waals surface area (Å²) < 4.78 is 4.58. The van der Waals surface area contributed by atoms with Gasteiger partial charge in [-0.25, -0.2) is 4.79 Å². The molecule has 0 aliphatic carbocycles. The van der Waals surface area contributed by atoms with E-state index in [0.29, 0.717) is 6.54 Å². The summed E-state index contributed by atoms with van der Waals surface area (Å²) in [5.41, 5.74) is 2.44. The summed E-state index contributed by atoms with van der Waals surface area (Å²) >= 11 is 5.94. The number of hydrogen-bond donors (Lipinski definition) is 1. The van der Waals surface area contributed by atoms with Crippen molar-refractivity contribution >= 4 is 29.0 Å². The second kappa shape index (κ2) is 6.69. The standard InChI is InChI=1S/C11H12ClN3O4/c1-3-13-14-10(11(16)19-2)8-6-7(15(17)18)4-5-9(8)12/h4-6,13H,3H2,1-2H3/b14-10-. The molecule has 0 aromatic heterocycles. The first kappa shape index (κ1) is 14.9. The number of ether oxygens (including phenoxy) is 1. The molecule has 1 aromatic rings. The first-order valence-electron chi connectivity index (χ1n) is 5.34. The Morgan fingerprint density at radius 3 is 2.79 bits per heavy atom. The van der Waals surface area contributed by atoms with Crippen LogP contribution in [0.25, 0.3) is 0 Å². The van der Waals surface area contributed by atoms with Gasteiger partial charge in [0.25, 0.3) is 5.69 Å². The van der Waals surface area contributed by atoms with Gasteiger partial charge in [-0.05, 0) is 13.0 Å². The normalized spacial score (nSPS) is 11.0. The lowest BCUT2D eigenvalue weighted by atomic mass is 10.1. The van der Waals surface area contributed by atoms with Crippen molar-refractivity contribution in [1.29, 1.82) is 0 Å². The zero-order chi connectivity index (χ0) is 14.4. The maximum absolute atomic E-state index is 11.6. The minimum atomic E-state index is -0.733. The summed E-state index contributed by atoms with van der Waals surface area (Å²) in [5, 5.41) is 14.7. The predicted octanol–water partition coefficient (Wildman–Crippen LogP) is 1.73. The summed E-state index contributed by atoms with van der Waals surface area (Å²) in [6, 6.07) is 3.75. The number of esters is 1. The van der Waals surface area contributed by atoms with Crippen molar-refractivity contribution in [1.82, 2.24) is 5.43 Å². The van der Waals surface area contributed by atoms with Gasteiger partial charge >= 0.3 is 5.97 Å². The molecule has 0 saturated heterocycles. The number of benzene rings is 1. The smallest absolute Gasteiger partial charge is 0.359 e. The average Bonchev–Trinajstić information content (AvgIpc) is 2.40. The van der Waals surface area contributed by atoms with Gasteiger partial charge in [-0.15, -0.1) is 0 Å². The number of methoxy groups -OCH3 is 1. The Kier molecular flexibility index (Phi) is 5.25. The number of nitrogens with one attached hydrogen (secondary N) is 1. The Hall–Kier alpha value is -2.15. The fourth-order valence-electron chi connectivity index (χ4n) is 1.28. The van der Waals surface area contributed by atoms with E-state index in [2.05, 4.69) is 15.3 Å². The van der Waals surface area contributed by atoms with Gasteiger partial charge in [0, 0.05) is 24.2 Å². The lowest BCUT2D eigenvalue weighted by Crippen LogP contribution is -2.21. The van der Waals surface area contributed by atoms with Crippen LogP contribution in [0.15, 0.2) is 23.3 Å². The van der Waals surface area contributed by atoms with Crippen LogP contribution in [-0.4, -0.2) is 30.3 Å². The molecule has 7 nitrogen and oxygen atoms in total. The maximum atomic E-state index is 11.6. The van der Waals surface area contributed by atoms with E-state index in [-0.39, 0.29) is 22.0 Å². The minimum absolute atomic E-state index is 0.113. The lowest BCUT2D eigenvalue weighted by molar-refractivity contribution is -0.384. The number of nitro groups is 1. The summed E-state index contributed by atoms with van der Waals surface area (Å²) in [4.78, 5) is 21.8. The second-order valence-electron chi connectivity index (χ2n) is 3.38. The molecule has 0 spiro atoms. The molecule has 0 radical (unpaired) electrons. The van der Waals surface area contributed by atoms with Gasteiger partial charge in [-0.2, -0.15) is 5.10 Å². The van der Waals surface area contributed by atoms with Crippen molar-refractivity contribution in [2.45, 2.75) is 6.92 Å². The second-order valence-corrected chi connectivity index (χ2v) is 3.79. The van der Waals surface area contributed by atoms with Crippen molar-refractivity contribution < 1.29 is 14.5 Å². The molecule has 0 aliphatic heterocycles. The van der Waals surface area contributed by atoms with E-state index in [1.165, 1.54) is 25.3 Å². The fourth-order valence-corrected chi connectivity index (χ4v) is 1.49. The number of non-ortho nitro benzene ring substituents is 1. The van der Waals surface area contributed by atoms with Crippen LogP contribution in [0.1, 0.15) is 12.5 Å². The molecule has 0 bridgehead atoms. The molecule has 0 unspecified atom stereocenters. The highest BCUT2D eigenvalue weighted by Gasteiger charge is 2.21. The van der Waals surface area contributed by atoms with Crippen LogP contribution in [0, 0.1) is 10.1 Å². The Morgan fingerprint density at radius 2 is 2.26 bits per heavy atom. The summed E-state index contributed by atoms with van der Waals surface area (Å²) in [5.74, 6) is -0.733. The first-order chi connectivity index (χ1) is 9.01. The van der Waals surface area contributed by atoms with Crippen LogP contribution in [-0.2, 0) is 9.53 Å². The van der Waals surface area contributed by atoms with E-state index < -0.39 is 10.9 Å². The number of halogens is 1. The van der Waals surface area contributed by atoms with E-state index in [0.717, 1.165) is 0 Å². The van der Waals surface area contributed by atoms with Crippen LogP contribution in [0.3, 0.4) is 0 Å². The monoisotopic (exact) mass is 285 g/mol. The molecule has 1 N–H and O–H groups in total. The number of nitrogens with zero attached hydrogens (tertiary/aromatic N) is 2. The van der Waals surface area contributed by atoms with Crippen molar-refractivity contribution in [2.24, 2.45) is 5.10 Å². The van der Waals surface area contributed by atoms with Crippen LogP contribution in [0.2, 0.25) is 5.02 Å². The average molecular weight is 286 g/mol. The maximum Gasteiger partial charge on any atom is 0.359 e. The Morgan fingerprint density at radius 1 is 1.58 bits per heavy atom. The Balaban J connectivity index is 3.32. The molecule has 0 aliphatic rings. The summed E-state index contributed by atoms with van der Waals surface area (Å²) in [7, 11) is 1.19. The third-order valence-corrected chi connectivity index (χ3v) is 2.47. The zero-order valence-corrected chi connectivity index (χ0v) is 11.1. The van der Waals surface area contributed by atoms with Gasteiger partial charge in [-0.1, -0.05) is 11.6 Å². The molecule has 1 aromatic carbocycles. The summed E-state index contributed by atoms with van der Waals surface area (Å²) in [6.45, 7) is 2.26. The van der Waals surface area contributed by atoms with Gasteiger partial charge in [0.15, 0.2) is 5.71 Å². The van der Waals surface area contributed by atoms with E-state index >= 15 is 0 Å². The van der Waals surface area contributed by atoms with Crippen molar-refractivity contribution in [2.75, 3.05) is 13.7 Å². The zero-order valence-electron chi connectivity index (χ0n) is 10.3. The molecular formula is C11H12ClN3O4. The predicted molar refractivity (Wildman–Crippen MR) is 70.3 cm³/mol. The molecular weight excluding hydrogens is 274 g/mol. The number of nitro benzene ring substituents is 1. The molecule has 0 saturated carbocycles. The molecule has 0 fully saturated rings. The number of carbonyl (C=O) groups excluding carboxylic acids is 1. The number of rotatable bonds is 5. The van der Waals surface area contributed by atoms with Crippen molar-refractivity contribution in [3.05, 3.63) is 38.9 Å². The van der Waals surface area contributed by atoms with E-state index in [1.807, 2.05) is 0 Å². The third kappa shape index (κ3) is 3.65. The fraction of sp³-hybridized carbons (Fsp3) is 0.273. The largest absolute Gasteiger partial charge is 0.464 e. The van der Waals surface area contributed by atoms with Gasteiger partial charge in [0.2, 0.25) is 0 Å². The minimum Gasteiger partial charge on any atom is -0.464 e. The van der Waals surface area contributed by atoms with Crippen LogP contribution >= 0.6 is 11.6 Å². The molecule has 0 atom stereocenters. The highest BCUT2D eigenvalue weighted by atomic mass is 35.5. The molecule has 19 heavy (non-hydrogen) atoms. The van der Waals surface area contributed by atoms with Crippen molar-refractivity contribution in [3.63, 3.8) is 0 Å². The van der Waals surface area contributed by atoms with E-state index in [4.69, 9.17) is 11.6 Å². The highest BCUT2D eigenvalue weighted by molar-refractivity contribution is 6.47. The highest BCUT2D eigenvalue weighted by Crippen LogP contribution is 2.23. The SMILES string of the molecule is CCN/N=C(\C(=O)OC)c1cc([N+](=O)[O-])ccc1Cl. The molecule has 0 heterocycles. The Labute approximate surface area is 114 Å². The van der Waals surface area contributed by atoms with Crippen LogP contribution in [0.4, 0.5) is 5.69 Å². The van der Waals surface area contributed by atoms with Crippen molar-refractivity contribution in [3.8, 4) is 0 Å². The van der Waals surface area contributed by atoms with Gasteiger partial charge < -0.3 is 10.2 Å². The van der Waals surface area contributed by atoms with Gasteiger partial charge in [-0.3, -0.25) is 10.1 Å². The molecule has 1 rings (SSSR count). The number of carbonyl (C=O) groups is 1. The molecule has 102 valence electrons.